The molecule has 2 aromatic carbocycles. The zero-order valence-corrected chi connectivity index (χ0v) is 20.1. The number of carbonyl (C=O) groups excluding carboxylic acids is 2. The van der Waals surface area contributed by atoms with Crippen LogP contribution in [0.4, 0.5) is 0 Å². The van der Waals surface area contributed by atoms with Crippen molar-refractivity contribution in [2.45, 2.75) is 25.3 Å². The fourth-order valence-electron chi connectivity index (χ4n) is 4.80. The van der Waals surface area contributed by atoms with Gasteiger partial charge >= 0.3 is 0 Å². The van der Waals surface area contributed by atoms with Gasteiger partial charge in [-0.05, 0) is 49.6 Å². The van der Waals surface area contributed by atoms with E-state index in [-0.39, 0.29) is 23.8 Å². The second-order valence-electron chi connectivity index (χ2n) is 8.28. The Morgan fingerprint density at radius 2 is 1.68 bits per heavy atom. The lowest BCUT2D eigenvalue weighted by atomic mass is 10.1. The van der Waals surface area contributed by atoms with Crippen molar-refractivity contribution in [3.63, 3.8) is 0 Å². The Kier molecular flexibility index (Phi) is 6.63. The first-order valence-corrected chi connectivity index (χ1v) is 11.2. The number of nitrogens with one attached hydrogen (secondary N) is 2. The third-order valence-corrected chi connectivity index (χ3v) is 6.49. The first kappa shape index (κ1) is 23.4. The molecular weight excluding hydrogens is 436 g/mol. The van der Waals surface area contributed by atoms with Crippen molar-refractivity contribution in [3.05, 3.63) is 35.9 Å². The van der Waals surface area contributed by atoms with Crippen LogP contribution >= 0.6 is 0 Å². The highest BCUT2D eigenvalue weighted by Crippen LogP contribution is 2.44. The number of methoxy groups -OCH3 is 3. The fraction of sp³-hybridized carbons (Fsp3) is 0.400. The molecule has 2 N–H and O–H groups in total. The smallest absolute Gasteiger partial charge is 0.251 e. The van der Waals surface area contributed by atoms with Crippen molar-refractivity contribution in [2.75, 3.05) is 35.4 Å². The summed E-state index contributed by atoms with van der Waals surface area (Å²) in [4.78, 5) is 29.6. The molecule has 2 atom stereocenters. The van der Waals surface area contributed by atoms with Crippen molar-refractivity contribution in [2.24, 2.45) is 5.92 Å². The summed E-state index contributed by atoms with van der Waals surface area (Å²) in [6, 6.07) is 9.24. The average Bonchev–Trinajstić information content (AvgIpc) is 3.51. The van der Waals surface area contributed by atoms with Crippen molar-refractivity contribution in [3.8, 4) is 28.6 Å². The van der Waals surface area contributed by atoms with Gasteiger partial charge in [0.05, 0.1) is 32.4 Å². The summed E-state index contributed by atoms with van der Waals surface area (Å²) in [5.74, 6) is 2.07. The Balaban J connectivity index is 1.93. The molecule has 1 fully saturated rings. The largest absolute Gasteiger partial charge is 0.493 e. The molecule has 0 saturated heterocycles. The standard InChI is InChI=1S/C25H30N4O5/c1-26-24(30)14-6-8-17(10-14)29-19-11-15(25(31)27-2)7-9-18(19)28-23(29)16-12-20(32-3)22(34-5)21(13-16)33-4/h7,9,11-14,17H,6,8,10H2,1-5H3,(H,26,30)(H,27,31)/t14-,17-/m0/s1. The van der Waals surface area contributed by atoms with E-state index in [9.17, 15) is 9.59 Å². The van der Waals surface area contributed by atoms with Crippen molar-refractivity contribution in [1.82, 2.24) is 20.2 Å². The second-order valence-corrected chi connectivity index (χ2v) is 8.28. The van der Waals surface area contributed by atoms with E-state index in [0.29, 0.717) is 35.1 Å². The summed E-state index contributed by atoms with van der Waals surface area (Å²) in [5, 5.41) is 5.44. The molecule has 2 amide bonds. The fourth-order valence-corrected chi connectivity index (χ4v) is 4.80. The van der Waals surface area contributed by atoms with E-state index in [1.54, 1.807) is 41.5 Å². The molecule has 3 aromatic rings. The van der Waals surface area contributed by atoms with Crippen LogP contribution in [0.3, 0.4) is 0 Å². The van der Waals surface area contributed by atoms with Crippen LogP contribution < -0.4 is 24.8 Å². The molecule has 9 nitrogen and oxygen atoms in total. The van der Waals surface area contributed by atoms with Gasteiger partial charge in [-0.3, -0.25) is 9.59 Å². The third-order valence-electron chi connectivity index (χ3n) is 6.49. The van der Waals surface area contributed by atoms with Crippen LogP contribution in [-0.2, 0) is 4.79 Å². The molecule has 1 heterocycles. The van der Waals surface area contributed by atoms with Crippen LogP contribution in [0.2, 0.25) is 0 Å². The highest BCUT2D eigenvalue weighted by atomic mass is 16.5. The number of rotatable bonds is 7. The topological polar surface area (TPSA) is 104 Å². The molecule has 0 spiro atoms. The maximum atomic E-state index is 12.3. The molecule has 1 aliphatic rings. The van der Waals surface area contributed by atoms with E-state index in [0.717, 1.165) is 29.4 Å². The number of hydrogen-bond donors (Lipinski definition) is 2. The molecule has 4 rings (SSSR count). The Morgan fingerprint density at radius 1 is 0.971 bits per heavy atom. The average molecular weight is 467 g/mol. The highest BCUT2D eigenvalue weighted by molar-refractivity contribution is 5.97. The Hall–Kier alpha value is -3.75. The summed E-state index contributed by atoms with van der Waals surface area (Å²) in [7, 11) is 7.98. The second kappa shape index (κ2) is 9.62. The van der Waals surface area contributed by atoms with Crippen molar-refractivity contribution >= 4 is 22.8 Å². The summed E-state index contributed by atoms with van der Waals surface area (Å²) in [5.41, 5.74) is 2.94. The minimum absolute atomic E-state index is 0.0429. The zero-order chi connectivity index (χ0) is 24.4. The van der Waals surface area contributed by atoms with Gasteiger partial charge in [0.1, 0.15) is 5.82 Å². The SMILES string of the molecule is CNC(=O)c1ccc2nc(-c3cc(OC)c(OC)c(OC)c3)n([C@H]3CC[C@H](C(=O)NC)C3)c2c1. The van der Waals surface area contributed by atoms with E-state index < -0.39 is 0 Å². The van der Waals surface area contributed by atoms with E-state index in [2.05, 4.69) is 15.2 Å². The Morgan fingerprint density at radius 3 is 2.26 bits per heavy atom. The first-order chi connectivity index (χ1) is 16.4. The zero-order valence-electron chi connectivity index (χ0n) is 20.1. The molecule has 0 aliphatic heterocycles. The predicted octanol–water partition coefficient (Wildman–Crippen LogP) is 3.18. The summed E-state index contributed by atoms with van der Waals surface area (Å²) in [6.45, 7) is 0. The van der Waals surface area contributed by atoms with Gasteiger partial charge in [0.2, 0.25) is 11.7 Å². The monoisotopic (exact) mass is 466 g/mol. The van der Waals surface area contributed by atoms with Crippen molar-refractivity contribution in [1.29, 1.82) is 0 Å². The normalized spacial score (nSPS) is 17.4. The maximum absolute atomic E-state index is 12.3. The number of carbonyl (C=O) groups is 2. The van der Waals surface area contributed by atoms with E-state index in [1.165, 1.54) is 0 Å². The molecule has 0 unspecified atom stereocenters. The first-order valence-electron chi connectivity index (χ1n) is 11.2. The molecule has 0 bridgehead atoms. The Labute approximate surface area is 198 Å². The molecule has 34 heavy (non-hydrogen) atoms. The lowest BCUT2D eigenvalue weighted by Crippen LogP contribution is -2.25. The van der Waals surface area contributed by atoms with Crippen LogP contribution in [0.5, 0.6) is 17.2 Å². The van der Waals surface area contributed by atoms with Gasteiger partial charge in [-0.25, -0.2) is 4.98 Å². The number of imidazole rings is 1. The molecule has 9 heteroatoms. The number of benzene rings is 2. The number of nitrogens with zero attached hydrogens (tertiary/aromatic N) is 2. The Bertz CT molecular complexity index is 1210. The molecule has 180 valence electrons. The summed E-state index contributed by atoms with van der Waals surface area (Å²) in [6.07, 6.45) is 2.30. The summed E-state index contributed by atoms with van der Waals surface area (Å²) >= 11 is 0. The molecule has 1 saturated carbocycles. The van der Waals surface area contributed by atoms with Crippen LogP contribution in [0, 0.1) is 5.92 Å². The lowest BCUT2D eigenvalue weighted by Gasteiger charge is -2.19. The predicted molar refractivity (Wildman–Crippen MR) is 129 cm³/mol. The highest BCUT2D eigenvalue weighted by Gasteiger charge is 2.33. The number of amides is 2. The minimum atomic E-state index is -0.168. The van der Waals surface area contributed by atoms with Crippen LogP contribution in [0.25, 0.3) is 22.4 Å². The maximum Gasteiger partial charge on any atom is 0.251 e. The van der Waals surface area contributed by atoms with Gasteiger partial charge < -0.3 is 29.4 Å². The van der Waals surface area contributed by atoms with Gasteiger partial charge in [-0.1, -0.05) is 0 Å². The van der Waals surface area contributed by atoms with Crippen LogP contribution in [-0.4, -0.2) is 56.8 Å². The van der Waals surface area contributed by atoms with E-state index in [1.807, 2.05) is 24.3 Å². The lowest BCUT2D eigenvalue weighted by molar-refractivity contribution is -0.124. The third kappa shape index (κ3) is 4.02. The van der Waals surface area contributed by atoms with Crippen LogP contribution in [0.1, 0.15) is 35.7 Å². The number of hydrogen-bond acceptors (Lipinski definition) is 6. The van der Waals surface area contributed by atoms with Gasteiger partial charge in [0.25, 0.3) is 5.91 Å². The van der Waals surface area contributed by atoms with Gasteiger partial charge in [0, 0.05) is 37.2 Å². The number of ether oxygens (including phenoxy) is 3. The van der Waals surface area contributed by atoms with E-state index in [4.69, 9.17) is 19.2 Å². The van der Waals surface area contributed by atoms with Gasteiger partial charge in [-0.2, -0.15) is 0 Å². The van der Waals surface area contributed by atoms with Gasteiger partial charge in [0.15, 0.2) is 11.5 Å². The number of fused-ring (bicyclic) bond motifs is 1. The van der Waals surface area contributed by atoms with Crippen LogP contribution in [0.15, 0.2) is 30.3 Å². The summed E-state index contributed by atoms with van der Waals surface area (Å²) < 4.78 is 18.7. The molecule has 1 aromatic heterocycles. The minimum Gasteiger partial charge on any atom is -0.493 e. The molecular formula is C25H30N4O5. The molecule has 1 aliphatic carbocycles. The van der Waals surface area contributed by atoms with Gasteiger partial charge in [-0.15, -0.1) is 0 Å². The quantitative estimate of drug-likeness (QED) is 0.554. The number of aromatic nitrogens is 2. The molecule has 0 radical (unpaired) electrons. The van der Waals surface area contributed by atoms with E-state index >= 15 is 0 Å². The van der Waals surface area contributed by atoms with Crippen molar-refractivity contribution < 1.29 is 23.8 Å².